The van der Waals surface area contributed by atoms with Crippen LogP contribution in [0.1, 0.15) is 59.9 Å². The molecular formula is C17H26N6O. The van der Waals surface area contributed by atoms with Gasteiger partial charge in [-0.2, -0.15) is 5.10 Å². The molecular weight excluding hydrogens is 304 g/mol. The number of nitrogens with two attached hydrogens (primary N) is 1. The van der Waals surface area contributed by atoms with E-state index in [1.165, 1.54) is 0 Å². The molecule has 0 spiro atoms. The molecule has 0 aliphatic heterocycles. The number of amides is 1. The number of aromatic nitrogens is 4. The average molecular weight is 330 g/mol. The first-order chi connectivity index (χ1) is 11.2. The fourth-order valence-corrected chi connectivity index (χ4v) is 2.92. The number of carbonyl (C=O) groups excluding carboxylic acids is 1. The number of hydrogen-bond acceptors (Lipinski definition) is 5. The van der Waals surface area contributed by atoms with Crippen molar-refractivity contribution >= 4 is 11.9 Å². The van der Waals surface area contributed by atoms with Crippen molar-refractivity contribution in [2.45, 2.75) is 47.1 Å². The molecule has 1 amide bonds. The van der Waals surface area contributed by atoms with Gasteiger partial charge in [0.15, 0.2) is 0 Å². The smallest absolute Gasteiger partial charge is 0.270 e. The Balaban J connectivity index is 2.21. The zero-order chi connectivity index (χ0) is 18.0. The van der Waals surface area contributed by atoms with Crippen LogP contribution in [0.4, 0.5) is 5.95 Å². The zero-order valence-corrected chi connectivity index (χ0v) is 15.2. The summed E-state index contributed by atoms with van der Waals surface area (Å²) in [6.07, 6.45) is 0.753. The number of hydrogen-bond donors (Lipinski definition) is 2. The quantitative estimate of drug-likeness (QED) is 0.874. The molecule has 0 aliphatic carbocycles. The van der Waals surface area contributed by atoms with E-state index in [0.29, 0.717) is 11.6 Å². The van der Waals surface area contributed by atoms with Crippen molar-refractivity contribution in [2.75, 3.05) is 5.73 Å². The van der Waals surface area contributed by atoms with Crippen LogP contribution in [-0.2, 0) is 13.5 Å². The van der Waals surface area contributed by atoms with Gasteiger partial charge in [-0.1, -0.05) is 13.8 Å². The van der Waals surface area contributed by atoms with E-state index < -0.39 is 0 Å². The highest BCUT2D eigenvalue weighted by Gasteiger charge is 2.20. The summed E-state index contributed by atoms with van der Waals surface area (Å²) in [5, 5.41) is 7.37. The standard InChI is InChI=1S/C17H26N6O/c1-9(2)7-13-8-14(21-17(18)20-13)16(24)19-10(3)15-11(4)22-23(6)12(15)5/h8-10H,7H2,1-6H3,(H,19,24)(H2,18,20,21)/t10-/m0/s1. The predicted octanol–water partition coefficient (Wildman–Crippen LogP) is 2.10. The first-order valence-electron chi connectivity index (χ1n) is 8.13. The lowest BCUT2D eigenvalue weighted by atomic mass is 10.1. The average Bonchev–Trinajstić information content (AvgIpc) is 2.70. The van der Waals surface area contributed by atoms with Gasteiger partial charge >= 0.3 is 0 Å². The topological polar surface area (TPSA) is 98.7 Å². The lowest BCUT2D eigenvalue weighted by molar-refractivity contribution is 0.0934. The minimum Gasteiger partial charge on any atom is -0.368 e. The maximum Gasteiger partial charge on any atom is 0.270 e. The van der Waals surface area contributed by atoms with E-state index in [1.54, 1.807) is 6.07 Å². The molecule has 0 unspecified atom stereocenters. The molecule has 0 aliphatic rings. The molecule has 7 nitrogen and oxygen atoms in total. The van der Waals surface area contributed by atoms with Crippen molar-refractivity contribution in [3.8, 4) is 0 Å². The van der Waals surface area contributed by atoms with Crippen LogP contribution in [0.3, 0.4) is 0 Å². The minimum atomic E-state index is -0.260. The Hall–Kier alpha value is -2.44. The van der Waals surface area contributed by atoms with Gasteiger partial charge in [-0.25, -0.2) is 9.97 Å². The Morgan fingerprint density at radius 1 is 1.29 bits per heavy atom. The van der Waals surface area contributed by atoms with Crippen LogP contribution in [0.5, 0.6) is 0 Å². The van der Waals surface area contributed by atoms with E-state index in [2.05, 4.69) is 34.2 Å². The number of nitrogen functional groups attached to an aromatic ring is 1. The van der Waals surface area contributed by atoms with Crippen LogP contribution < -0.4 is 11.1 Å². The highest BCUT2D eigenvalue weighted by molar-refractivity contribution is 5.92. The second-order valence-electron chi connectivity index (χ2n) is 6.60. The number of aryl methyl sites for hydroxylation is 2. The summed E-state index contributed by atoms with van der Waals surface area (Å²) >= 11 is 0. The molecule has 24 heavy (non-hydrogen) atoms. The fraction of sp³-hybridized carbons (Fsp3) is 0.529. The van der Waals surface area contributed by atoms with E-state index in [-0.39, 0.29) is 17.9 Å². The molecule has 2 aromatic heterocycles. The highest BCUT2D eigenvalue weighted by atomic mass is 16.1. The number of rotatable bonds is 5. The lowest BCUT2D eigenvalue weighted by Crippen LogP contribution is -2.28. The third-order valence-corrected chi connectivity index (χ3v) is 3.99. The summed E-state index contributed by atoms with van der Waals surface area (Å²) in [7, 11) is 1.89. The Kier molecular flexibility index (Phi) is 5.21. The van der Waals surface area contributed by atoms with Gasteiger partial charge in [0, 0.05) is 24.0 Å². The van der Waals surface area contributed by atoms with Crippen LogP contribution in [0.15, 0.2) is 6.07 Å². The van der Waals surface area contributed by atoms with Gasteiger partial charge in [-0.3, -0.25) is 9.48 Å². The Morgan fingerprint density at radius 2 is 1.96 bits per heavy atom. The number of nitrogens with zero attached hydrogens (tertiary/aromatic N) is 4. The van der Waals surface area contributed by atoms with E-state index in [1.807, 2.05) is 32.5 Å². The summed E-state index contributed by atoms with van der Waals surface area (Å²) < 4.78 is 1.82. The van der Waals surface area contributed by atoms with Gasteiger partial charge in [0.1, 0.15) is 5.69 Å². The van der Waals surface area contributed by atoms with Gasteiger partial charge in [0.2, 0.25) is 5.95 Å². The van der Waals surface area contributed by atoms with Gasteiger partial charge in [0.05, 0.1) is 11.7 Å². The Bertz CT molecular complexity index is 750. The second-order valence-corrected chi connectivity index (χ2v) is 6.60. The summed E-state index contributed by atoms with van der Waals surface area (Å²) in [6.45, 7) is 10.0. The van der Waals surface area contributed by atoms with Crippen LogP contribution in [0.2, 0.25) is 0 Å². The molecule has 130 valence electrons. The summed E-state index contributed by atoms with van der Waals surface area (Å²) in [4.78, 5) is 20.8. The van der Waals surface area contributed by atoms with Crippen molar-refractivity contribution < 1.29 is 4.79 Å². The van der Waals surface area contributed by atoms with Gasteiger partial charge in [-0.05, 0) is 39.2 Å². The molecule has 0 bridgehead atoms. The van der Waals surface area contributed by atoms with E-state index in [4.69, 9.17) is 5.73 Å². The molecule has 3 N–H and O–H groups in total. The van der Waals surface area contributed by atoms with Crippen molar-refractivity contribution in [3.05, 3.63) is 34.4 Å². The second kappa shape index (κ2) is 6.98. The van der Waals surface area contributed by atoms with Crippen LogP contribution in [0, 0.1) is 19.8 Å². The number of anilines is 1. The lowest BCUT2D eigenvalue weighted by Gasteiger charge is -2.15. The largest absolute Gasteiger partial charge is 0.368 e. The van der Waals surface area contributed by atoms with Crippen molar-refractivity contribution in [2.24, 2.45) is 13.0 Å². The zero-order valence-electron chi connectivity index (χ0n) is 15.2. The molecule has 0 radical (unpaired) electrons. The molecule has 0 fully saturated rings. The third-order valence-electron chi connectivity index (χ3n) is 3.99. The molecule has 1 atom stereocenters. The fourth-order valence-electron chi connectivity index (χ4n) is 2.92. The van der Waals surface area contributed by atoms with E-state index in [9.17, 15) is 4.79 Å². The Labute approximate surface area is 142 Å². The molecule has 2 heterocycles. The molecule has 0 aromatic carbocycles. The molecule has 0 saturated carbocycles. The summed E-state index contributed by atoms with van der Waals surface area (Å²) in [6, 6.07) is 1.54. The first-order valence-corrected chi connectivity index (χ1v) is 8.13. The minimum absolute atomic E-state index is 0.125. The predicted molar refractivity (Wildman–Crippen MR) is 93.5 cm³/mol. The first kappa shape index (κ1) is 17.9. The third kappa shape index (κ3) is 3.90. The van der Waals surface area contributed by atoms with E-state index in [0.717, 1.165) is 29.1 Å². The molecule has 0 saturated heterocycles. The monoisotopic (exact) mass is 330 g/mol. The highest BCUT2D eigenvalue weighted by Crippen LogP contribution is 2.21. The van der Waals surface area contributed by atoms with Gasteiger partial charge in [-0.15, -0.1) is 0 Å². The SMILES string of the molecule is Cc1nn(C)c(C)c1[C@H](C)NC(=O)c1cc(CC(C)C)nc(N)n1. The summed E-state index contributed by atoms with van der Waals surface area (Å²) in [5.74, 6) is 0.291. The normalized spacial score (nSPS) is 12.5. The molecule has 7 heteroatoms. The Morgan fingerprint density at radius 3 is 2.50 bits per heavy atom. The maximum atomic E-state index is 12.6. The van der Waals surface area contributed by atoms with Crippen LogP contribution in [-0.4, -0.2) is 25.7 Å². The van der Waals surface area contributed by atoms with Crippen LogP contribution >= 0.6 is 0 Å². The van der Waals surface area contributed by atoms with Crippen molar-refractivity contribution in [3.63, 3.8) is 0 Å². The van der Waals surface area contributed by atoms with Crippen molar-refractivity contribution in [1.82, 2.24) is 25.1 Å². The number of carbonyl (C=O) groups is 1. The molecule has 2 rings (SSSR count). The van der Waals surface area contributed by atoms with Crippen LogP contribution in [0.25, 0.3) is 0 Å². The van der Waals surface area contributed by atoms with Gasteiger partial charge in [0.25, 0.3) is 5.91 Å². The number of nitrogens with one attached hydrogen (secondary N) is 1. The summed E-state index contributed by atoms with van der Waals surface area (Å²) in [5.41, 5.74) is 9.79. The van der Waals surface area contributed by atoms with Gasteiger partial charge < -0.3 is 11.1 Å². The maximum absolute atomic E-state index is 12.6. The van der Waals surface area contributed by atoms with E-state index >= 15 is 0 Å². The van der Waals surface area contributed by atoms with Crippen molar-refractivity contribution in [1.29, 1.82) is 0 Å². The molecule has 2 aromatic rings.